The summed E-state index contributed by atoms with van der Waals surface area (Å²) in [5, 5.41) is 9.25. The van der Waals surface area contributed by atoms with Crippen molar-refractivity contribution < 1.29 is 14.6 Å². The van der Waals surface area contributed by atoms with Crippen molar-refractivity contribution in [2.24, 2.45) is 5.73 Å². The number of hydrogen-bond donors (Lipinski definition) is 2. The molecule has 0 aromatic heterocycles. The van der Waals surface area contributed by atoms with Gasteiger partial charge >= 0.3 is 0 Å². The minimum atomic E-state index is -0.643. The van der Waals surface area contributed by atoms with Crippen LogP contribution >= 0.6 is 0 Å². The second-order valence-electron chi connectivity index (χ2n) is 3.35. The minimum absolute atomic E-state index is 0.177. The van der Waals surface area contributed by atoms with Crippen LogP contribution < -0.4 is 15.2 Å². The van der Waals surface area contributed by atoms with Gasteiger partial charge in [-0.2, -0.15) is 0 Å². The summed E-state index contributed by atoms with van der Waals surface area (Å²) < 4.78 is 10.5. The maximum Gasteiger partial charge on any atom is 0.161 e. The molecule has 4 nitrogen and oxygen atoms in total. The third-order valence-electron chi connectivity index (χ3n) is 2.02. The zero-order valence-corrected chi connectivity index (χ0v) is 9.06. The Hall–Kier alpha value is -1.26. The van der Waals surface area contributed by atoms with E-state index in [4.69, 9.17) is 15.2 Å². The fourth-order valence-corrected chi connectivity index (χ4v) is 1.15. The van der Waals surface area contributed by atoms with E-state index in [-0.39, 0.29) is 13.2 Å². The first-order chi connectivity index (χ1) is 7.17. The number of methoxy groups -OCH3 is 1. The van der Waals surface area contributed by atoms with Gasteiger partial charge in [0.1, 0.15) is 12.7 Å². The monoisotopic (exact) mass is 211 g/mol. The highest BCUT2D eigenvalue weighted by Crippen LogP contribution is 2.27. The van der Waals surface area contributed by atoms with Crippen molar-refractivity contribution in [1.29, 1.82) is 0 Å². The van der Waals surface area contributed by atoms with Crippen LogP contribution in [0.4, 0.5) is 0 Å². The van der Waals surface area contributed by atoms with Crippen LogP contribution in [0.5, 0.6) is 11.5 Å². The van der Waals surface area contributed by atoms with Crippen LogP contribution in [-0.4, -0.2) is 31.5 Å². The molecule has 0 aliphatic carbocycles. The maximum atomic E-state index is 9.25. The van der Waals surface area contributed by atoms with Crippen LogP contribution in [0.1, 0.15) is 5.56 Å². The van der Waals surface area contributed by atoms with Crippen molar-refractivity contribution in [3.8, 4) is 11.5 Å². The molecule has 1 aromatic carbocycles. The first-order valence-electron chi connectivity index (χ1n) is 4.83. The van der Waals surface area contributed by atoms with E-state index < -0.39 is 6.10 Å². The van der Waals surface area contributed by atoms with Crippen molar-refractivity contribution in [1.82, 2.24) is 0 Å². The molecule has 0 saturated carbocycles. The summed E-state index contributed by atoms with van der Waals surface area (Å²) in [7, 11) is 1.58. The zero-order valence-electron chi connectivity index (χ0n) is 9.06. The molecule has 84 valence electrons. The summed E-state index contributed by atoms with van der Waals surface area (Å²) in [4.78, 5) is 0. The molecule has 1 unspecified atom stereocenters. The maximum absolute atomic E-state index is 9.25. The first-order valence-corrected chi connectivity index (χ1v) is 4.83. The normalized spacial score (nSPS) is 12.3. The molecule has 0 aliphatic heterocycles. The van der Waals surface area contributed by atoms with Crippen molar-refractivity contribution in [2.45, 2.75) is 13.0 Å². The second kappa shape index (κ2) is 5.58. The van der Waals surface area contributed by atoms with Gasteiger partial charge in [-0.3, -0.25) is 0 Å². The predicted molar refractivity (Wildman–Crippen MR) is 58.3 cm³/mol. The zero-order chi connectivity index (χ0) is 11.3. The van der Waals surface area contributed by atoms with Gasteiger partial charge in [-0.1, -0.05) is 6.07 Å². The molecule has 1 atom stereocenters. The van der Waals surface area contributed by atoms with Crippen LogP contribution in [0, 0.1) is 6.92 Å². The van der Waals surface area contributed by atoms with Gasteiger partial charge in [0.2, 0.25) is 0 Å². The van der Waals surface area contributed by atoms with Crippen LogP contribution in [0.2, 0.25) is 0 Å². The summed E-state index contributed by atoms with van der Waals surface area (Å²) in [6.07, 6.45) is -0.643. The highest BCUT2D eigenvalue weighted by Gasteiger charge is 2.07. The minimum Gasteiger partial charge on any atom is -0.493 e. The van der Waals surface area contributed by atoms with Gasteiger partial charge in [0.25, 0.3) is 0 Å². The molecule has 0 heterocycles. The number of aliphatic hydroxyl groups is 1. The lowest BCUT2D eigenvalue weighted by Crippen LogP contribution is -2.26. The Morgan fingerprint density at radius 1 is 1.40 bits per heavy atom. The average molecular weight is 211 g/mol. The van der Waals surface area contributed by atoms with Crippen LogP contribution in [-0.2, 0) is 0 Å². The molecule has 15 heavy (non-hydrogen) atoms. The molecular formula is C11H17NO3. The van der Waals surface area contributed by atoms with Crippen LogP contribution in [0.15, 0.2) is 18.2 Å². The first kappa shape index (κ1) is 11.8. The molecule has 1 aromatic rings. The largest absolute Gasteiger partial charge is 0.493 e. The Labute approximate surface area is 89.6 Å². The van der Waals surface area contributed by atoms with E-state index in [9.17, 15) is 5.11 Å². The van der Waals surface area contributed by atoms with E-state index in [1.54, 1.807) is 7.11 Å². The molecule has 0 bridgehead atoms. The molecule has 0 aliphatic rings. The van der Waals surface area contributed by atoms with E-state index in [0.717, 1.165) is 5.56 Å². The van der Waals surface area contributed by atoms with Gasteiger partial charge in [-0.15, -0.1) is 0 Å². The molecule has 1 rings (SSSR count). The number of nitrogens with two attached hydrogens (primary N) is 1. The van der Waals surface area contributed by atoms with Crippen molar-refractivity contribution >= 4 is 0 Å². The van der Waals surface area contributed by atoms with Crippen LogP contribution in [0.3, 0.4) is 0 Å². The predicted octanol–water partition coefficient (Wildman–Crippen LogP) is 0.702. The average Bonchev–Trinajstić information content (AvgIpc) is 2.26. The molecule has 0 amide bonds. The summed E-state index contributed by atoms with van der Waals surface area (Å²) in [5.41, 5.74) is 6.37. The number of benzene rings is 1. The quantitative estimate of drug-likeness (QED) is 0.752. The Morgan fingerprint density at radius 2 is 2.13 bits per heavy atom. The number of hydrogen-bond acceptors (Lipinski definition) is 4. The topological polar surface area (TPSA) is 64.7 Å². The highest BCUT2D eigenvalue weighted by molar-refractivity contribution is 5.42. The van der Waals surface area contributed by atoms with Gasteiger partial charge in [-0.25, -0.2) is 0 Å². The third-order valence-corrected chi connectivity index (χ3v) is 2.02. The summed E-state index contributed by atoms with van der Waals surface area (Å²) >= 11 is 0. The van der Waals surface area contributed by atoms with Gasteiger partial charge in [0.15, 0.2) is 11.5 Å². The van der Waals surface area contributed by atoms with Gasteiger partial charge in [0.05, 0.1) is 7.11 Å². The number of aliphatic hydroxyl groups excluding tert-OH is 1. The van der Waals surface area contributed by atoms with E-state index in [1.165, 1.54) is 0 Å². The molecule has 0 saturated heterocycles. The number of aryl methyl sites for hydroxylation is 1. The molecule has 0 fully saturated rings. The smallest absolute Gasteiger partial charge is 0.161 e. The van der Waals surface area contributed by atoms with E-state index in [1.807, 2.05) is 25.1 Å². The van der Waals surface area contributed by atoms with Gasteiger partial charge in [0, 0.05) is 6.54 Å². The van der Waals surface area contributed by atoms with E-state index in [2.05, 4.69) is 0 Å². The fraction of sp³-hybridized carbons (Fsp3) is 0.455. The highest BCUT2D eigenvalue weighted by atomic mass is 16.5. The van der Waals surface area contributed by atoms with Crippen molar-refractivity contribution in [3.05, 3.63) is 23.8 Å². The lowest BCUT2D eigenvalue weighted by molar-refractivity contribution is 0.112. The summed E-state index contributed by atoms with van der Waals surface area (Å²) in [5.74, 6) is 1.29. The van der Waals surface area contributed by atoms with Gasteiger partial charge < -0.3 is 20.3 Å². The Balaban J connectivity index is 2.67. The Morgan fingerprint density at radius 3 is 2.73 bits per heavy atom. The molecular weight excluding hydrogens is 194 g/mol. The number of ether oxygens (including phenoxy) is 2. The van der Waals surface area contributed by atoms with Crippen LogP contribution in [0.25, 0.3) is 0 Å². The lowest BCUT2D eigenvalue weighted by atomic mass is 10.2. The lowest BCUT2D eigenvalue weighted by Gasteiger charge is -2.13. The van der Waals surface area contributed by atoms with E-state index >= 15 is 0 Å². The standard InChI is InChI=1S/C11H17NO3/c1-8-3-4-10(11(5-8)14-2)15-7-9(13)6-12/h3-5,9,13H,6-7,12H2,1-2H3. The third kappa shape index (κ3) is 3.42. The van der Waals surface area contributed by atoms with Crippen molar-refractivity contribution in [2.75, 3.05) is 20.3 Å². The molecule has 4 heteroatoms. The Bertz CT molecular complexity index is 315. The van der Waals surface area contributed by atoms with Crippen molar-refractivity contribution in [3.63, 3.8) is 0 Å². The second-order valence-corrected chi connectivity index (χ2v) is 3.35. The molecule has 0 radical (unpaired) electrons. The van der Waals surface area contributed by atoms with Gasteiger partial charge in [-0.05, 0) is 24.6 Å². The molecule has 0 spiro atoms. The number of rotatable bonds is 5. The summed E-state index contributed by atoms with van der Waals surface area (Å²) in [6, 6.07) is 5.62. The Kier molecular flexibility index (Phi) is 4.39. The fourth-order valence-electron chi connectivity index (χ4n) is 1.15. The van der Waals surface area contributed by atoms with E-state index in [0.29, 0.717) is 11.5 Å². The summed E-state index contributed by atoms with van der Waals surface area (Å²) in [6.45, 7) is 2.34. The SMILES string of the molecule is COc1cc(C)ccc1OCC(O)CN. The molecule has 3 N–H and O–H groups in total.